The Bertz CT molecular complexity index is 770. The van der Waals surface area contributed by atoms with E-state index in [1.54, 1.807) is 11.1 Å². The molecular formula is C17H19F2N5O. The molecule has 132 valence electrons. The highest BCUT2D eigenvalue weighted by Crippen LogP contribution is 2.15. The molecule has 1 aliphatic heterocycles. The van der Waals surface area contributed by atoms with Gasteiger partial charge >= 0.3 is 0 Å². The first kappa shape index (κ1) is 17.2. The van der Waals surface area contributed by atoms with Gasteiger partial charge in [0.1, 0.15) is 11.6 Å². The van der Waals surface area contributed by atoms with E-state index in [0.29, 0.717) is 38.1 Å². The number of rotatable bonds is 3. The van der Waals surface area contributed by atoms with Gasteiger partial charge in [0.2, 0.25) is 0 Å². The predicted molar refractivity (Wildman–Crippen MR) is 88.6 cm³/mol. The predicted octanol–water partition coefficient (Wildman–Crippen LogP) is 1.69. The van der Waals surface area contributed by atoms with Gasteiger partial charge in [-0.3, -0.25) is 9.69 Å². The summed E-state index contributed by atoms with van der Waals surface area (Å²) in [7, 11) is 0. The first-order valence-electron chi connectivity index (χ1n) is 8.06. The van der Waals surface area contributed by atoms with Crippen molar-refractivity contribution < 1.29 is 13.6 Å². The Labute approximate surface area is 144 Å². The van der Waals surface area contributed by atoms with Gasteiger partial charge in [0.25, 0.3) is 5.91 Å². The van der Waals surface area contributed by atoms with E-state index >= 15 is 0 Å². The van der Waals surface area contributed by atoms with Crippen molar-refractivity contribution in [1.82, 2.24) is 19.8 Å². The molecule has 2 aromatic heterocycles. The van der Waals surface area contributed by atoms with Gasteiger partial charge in [0.15, 0.2) is 11.5 Å². The number of amides is 1. The van der Waals surface area contributed by atoms with Crippen LogP contribution in [-0.4, -0.2) is 51.9 Å². The molecule has 2 N–H and O–H groups in total. The minimum atomic E-state index is -0.936. The molecule has 1 saturated heterocycles. The minimum absolute atomic E-state index is 0.341. The van der Waals surface area contributed by atoms with Crippen LogP contribution in [0.1, 0.15) is 22.5 Å². The minimum Gasteiger partial charge on any atom is -0.383 e. The van der Waals surface area contributed by atoms with E-state index in [4.69, 9.17) is 5.73 Å². The molecular weight excluding hydrogens is 328 g/mol. The average Bonchev–Trinajstić information content (AvgIpc) is 2.82. The van der Waals surface area contributed by atoms with Crippen molar-refractivity contribution in [3.8, 4) is 0 Å². The standard InChI is InChI=1S/C17H19F2N5O/c18-13-9-14(19)15(22-10-13)17(25)24-6-2-5-23(7-8-24)11-12-3-1-4-21-16(12)20/h1,3-4,9-10H,2,5-8,11H2,(H2,20,21). The number of nitrogens with zero attached hydrogens (tertiary/aromatic N) is 4. The average molecular weight is 347 g/mol. The number of halogens is 2. The van der Waals surface area contributed by atoms with Crippen LogP contribution >= 0.6 is 0 Å². The van der Waals surface area contributed by atoms with Gasteiger partial charge in [-0.15, -0.1) is 0 Å². The maximum Gasteiger partial charge on any atom is 0.275 e. The molecule has 0 bridgehead atoms. The van der Waals surface area contributed by atoms with E-state index in [-0.39, 0.29) is 5.69 Å². The summed E-state index contributed by atoms with van der Waals surface area (Å²) in [5.41, 5.74) is 6.47. The molecule has 0 aliphatic carbocycles. The fraction of sp³-hybridized carbons (Fsp3) is 0.353. The summed E-state index contributed by atoms with van der Waals surface area (Å²) in [4.78, 5) is 23.9. The Morgan fingerprint density at radius 2 is 2.04 bits per heavy atom. The largest absolute Gasteiger partial charge is 0.383 e. The molecule has 0 unspecified atom stereocenters. The lowest BCUT2D eigenvalue weighted by Gasteiger charge is -2.22. The second-order valence-electron chi connectivity index (χ2n) is 5.95. The van der Waals surface area contributed by atoms with Gasteiger partial charge in [-0.05, 0) is 12.5 Å². The monoisotopic (exact) mass is 347 g/mol. The Morgan fingerprint density at radius 3 is 2.80 bits per heavy atom. The molecule has 0 saturated carbocycles. The van der Waals surface area contributed by atoms with Crippen LogP contribution in [0.2, 0.25) is 0 Å². The van der Waals surface area contributed by atoms with E-state index in [0.717, 1.165) is 24.7 Å². The quantitative estimate of drug-likeness (QED) is 0.914. The zero-order valence-electron chi connectivity index (χ0n) is 13.7. The van der Waals surface area contributed by atoms with Crippen LogP contribution in [-0.2, 0) is 6.54 Å². The van der Waals surface area contributed by atoms with E-state index in [1.807, 2.05) is 12.1 Å². The number of pyridine rings is 2. The van der Waals surface area contributed by atoms with Crippen molar-refractivity contribution in [2.45, 2.75) is 13.0 Å². The maximum atomic E-state index is 13.8. The lowest BCUT2D eigenvalue weighted by molar-refractivity contribution is 0.0750. The molecule has 3 rings (SSSR count). The molecule has 0 radical (unpaired) electrons. The van der Waals surface area contributed by atoms with Crippen LogP contribution in [0.5, 0.6) is 0 Å². The molecule has 8 heteroatoms. The van der Waals surface area contributed by atoms with Gasteiger partial charge in [-0.2, -0.15) is 0 Å². The number of carbonyl (C=O) groups excluding carboxylic acids is 1. The maximum absolute atomic E-state index is 13.8. The Balaban J connectivity index is 1.65. The Hall–Kier alpha value is -2.61. The summed E-state index contributed by atoms with van der Waals surface area (Å²) in [5.74, 6) is -1.75. The summed E-state index contributed by atoms with van der Waals surface area (Å²) in [6, 6.07) is 4.44. The number of anilines is 1. The Morgan fingerprint density at radius 1 is 1.20 bits per heavy atom. The second-order valence-corrected chi connectivity index (χ2v) is 5.95. The zero-order chi connectivity index (χ0) is 17.8. The van der Waals surface area contributed by atoms with E-state index in [2.05, 4.69) is 14.9 Å². The van der Waals surface area contributed by atoms with Crippen LogP contribution in [0.25, 0.3) is 0 Å². The summed E-state index contributed by atoms with van der Waals surface area (Å²) in [6.07, 6.45) is 3.24. The molecule has 0 spiro atoms. The van der Waals surface area contributed by atoms with Crippen molar-refractivity contribution in [2.24, 2.45) is 0 Å². The first-order chi connectivity index (χ1) is 12.0. The van der Waals surface area contributed by atoms with Crippen molar-refractivity contribution in [3.05, 3.63) is 53.5 Å². The number of nitrogens with two attached hydrogens (primary N) is 1. The van der Waals surface area contributed by atoms with Gasteiger partial charge in [0.05, 0.1) is 6.20 Å². The van der Waals surface area contributed by atoms with E-state index in [9.17, 15) is 13.6 Å². The third-order valence-electron chi connectivity index (χ3n) is 4.21. The lowest BCUT2D eigenvalue weighted by Crippen LogP contribution is -2.36. The van der Waals surface area contributed by atoms with Crippen molar-refractivity contribution in [3.63, 3.8) is 0 Å². The molecule has 25 heavy (non-hydrogen) atoms. The second kappa shape index (κ2) is 7.52. The number of nitrogen functional groups attached to an aromatic ring is 1. The highest BCUT2D eigenvalue weighted by atomic mass is 19.1. The third-order valence-corrected chi connectivity index (χ3v) is 4.21. The number of aromatic nitrogens is 2. The molecule has 6 nitrogen and oxygen atoms in total. The fourth-order valence-corrected chi connectivity index (χ4v) is 2.88. The number of hydrogen-bond acceptors (Lipinski definition) is 5. The third kappa shape index (κ3) is 4.08. The van der Waals surface area contributed by atoms with Gasteiger partial charge in [-0.25, -0.2) is 18.7 Å². The van der Waals surface area contributed by atoms with Gasteiger partial charge in [0, 0.05) is 50.6 Å². The molecule has 2 aromatic rings. The lowest BCUT2D eigenvalue weighted by atomic mass is 10.2. The normalized spacial score (nSPS) is 15.8. The summed E-state index contributed by atoms with van der Waals surface area (Å²) < 4.78 is 26.7. The smallest absolute Gasteiger partial charge is 0.275 e. The summed E-state index contributed by atoms with van der Waals surface area (Å²) >= 11 is 0. The van der Waals surface area contributed by atoms with Crippen molar-refractivity contribution in [1.29, 1.82) is 0 Å². The van der Waals surface area contributed by atoms with E-state index in [1.165, 1.54) is 0 Å². The van der Waals surface area contributed by atoms with Crippen LogP contribution in [0.15, 0.2) is 30.6 Å². The van der Waals surface area contributed by atoms with Crippen LogP contribution in [0, 0.1) is 11.6 Å². The van der Waals surface area contributed by atoms with Crippen LogP contribution in [0.3, 0.4) is 0 Å². The van der Waals surface area contributed by atoms with Crippen molar-refractivity contribution in [2.75, 3.05) is 31.9 Å². The molecule has 1 aliphatic rings. The van der Waals surface area contributed by atoms with Gasteiger partial charge in [-0.1, -0.05) is 6.07 Å². The topological polar surface area (TPSA) is 75.3 Å². The zero-order valence-corrected chi connectivity index (χ0v) is 13.7. The molecule has 1 fully saturated rings. The SMILES string of the molecule is Nc1ncccc1CN1CCCN(C(=O)c2ncc(F)cc2F)CC1. The first-order valence-corrected chi connectivity index (χ1v) is 8.06. The highest BCUT2D eigenvalue weighted by Gasteiger charge is 2.24. The van der Waals surface area contributed by atoms with Crippen LogP contribution < -0.4 is 5.73 Å². The van der Waals surface area contributed by atoms with Crippen LogP contribution in [0.4, 0.5) is 14.6 Å². The van der Waals surface area contributed by atoms with Crippen molar-refractivity contribution >= 4 is 11.7 Å². The molecule has 3 heterocycles. The summed E-state index contributed by atoms with van der Waals surface area (Å²) in [6.45, 7) is 3.00. The van der Waals surface area contributed by atoms with E-state index < -0.39 is 17.5 Å². The molecule has 0 aromatic carbocycles. The number of carbonyl (C=O) groups is 1. The number of hydrogen-bond donors (Lipinski definition) is 1. The molecule has 1 amide bonds. The summed E-state index contributed by atoms with van der Waals surface area (Å²) in [5, 5.41) is 0. The fourth-order valence-electron chi connectivity index (χ4n) is 2.88. The Kier molecular flexibility index (Phi) is 5.18. The van der Waals surface area contributed by atoms with Gasteiger partial charge < -0.3 is 10.6 Å². The highest BCUT2D eigenvalue weighted by molar-refractivity contribution is 5.92. The molecule has 0 atom stereocenters.